The van der Waals surface area contributed by atoms with Gasteiger partial charge in [-0.05, 0) is 36.4 Å². The number of rotatable bonds is 4. The van der Waals surface area contributed by atoms with Crippen molar-refractivity contribution >= 4 is 9.84 Å². The van der Waals surface area contributed by atoms with Gasteiger partial charge in [0.2, 0.25) is 0 Å². The summed E-state index contributed by atoms with van der Waals surface area (Å²) in [6.45, 7) is 0. The molecule has 0 atom stereocenters. The fourth-order valence-corrected chi connectivity index (χ4v) is 2.65. The number of nitrogens with zero attached hydrogens (tertiary/aromatic N) is 5. The fourth-order valence-electron chi connectivity index (χ4n) is 2.14. The summed E-state index contributed by atoms with van der Waals surface area (Å²) in [6, 6.07) is 8.46. The van der Waals surface area contributed by atoms with Crippen molar-refractivity contribution in [1.82, 2.24) is 25.0 Å². The predicted molar refractivity (Wildman–Crippen MR) is 87.0 cm³/mol. The van der Waals surface area contributed by atoms with Gasteiger partial charge in [0.25, 0.3) is 5.82 Å². The van der Waals surface area contributed by atoms with Crippen LogP contribution in [0.1, 0.15) is 5.82 Å². The van der Waals surface area contributed by atoms with E-state index in [0.717, 1.165) is 17.0 Å². The number of hydrogen-bond donors (Lipinski definition) is 0. The molecule has 3 aromatic rings. The van der Waals surface area contributed by atoms with Gasteiger partial charge in [-0.1, -0.05) is 0 Å². The largest absolute Gasteiger partial charge is 0.497 e. The Hall–Kier alpha value is -3.02. The zero-order valence-corrected chi connectivity index (χ0v) is 14.8. The lowest BCUT2D eigenvalue weighted by molar-refractivity contribution is -0.144. The van der Waals surface area contributed by atoms with E-state index in [1.54, 1.807) is 12.1 Å². The molecule has 2 aromatic heterocycles. The maximum atomic E-state index is 13.1. The van der Waals surface area contributed by atoms with Crippen molar-refractivity contribution in [2.75, 3.05) is 13.4 Å². The van der Waals surface area contributed by atoms with Crippen LogP contribution in [0.4, 0.5) is 13.2 Å². The van der Waals surface area contributed by atoms with E-state index in [1.807, 2.05) is 0 Å². The molecule has 1 aromatic carbocycles. The lowest BCUT2D eigenvalue weighted by Gasteiger charge is -2.06. The summed E-state index contributed by atoms with van der Waals surface area (Å²) in [5, 5.41) is 10.4. The van der Waals surface area contributed by atoms with E-state index in [2.05, 4.69) is 20.3 Å². The van der Waals surface area contributed by atoms with Gasteiger partial charge in [-0.25, -0.2) is 13.4 Å². The van der Waals surface area contributed by atoms with Crippen LogP contribution >= 0.6 is 0 Å². The van der Waals surface area contributed by atoms with Crippen molar-refractivity contribution in [3.05, 3.63) is 42.2 Å². The van der Waals surface area contributed by atoms with Gasteiger partial charge in [-0.2, -0.15) is 17.9 Å². The second kappa shape index (κ2) is 6.61. The van der Waals surface area contributed by atoms with E-state index in [-0.39, 0.29) is 16.7 Å². The van der Waals surface area contributed by atoms with Crippen molar-refractivity contribution in [1.29, 1.82) is 0 Å². The lowest BCUT2D eigenvalue weighted by atomic mass is 10.2. The van der Waals surface area contributed by atoms with Gasteiger partial charge in [0.15, 0.2) is 26.5 Å². The zero-order chi connectivity index (χ0) is 19.8. The minimum atomic E-state index is -4.77. The summed E-state index contributed by atoms with van der Waals surface area (Å²) in [5.74, 6) is -1.09. The second-order valence-corrected chi connectivity index (χ2v) is 7.36. The predicted octanol–water partition coefficient (Wildman–Crippen LogP) is 2.16. The molecule has 3 rings (SSSR count). The van der Waals surface area contributed by atoms with Gasteiger partial charge in [-0.15, -0.1) is 15.3 Å². The number of sulfone groups is 1. The average Bonchev–Trinajstić information content (AvgIpc) is 3.07. The van der Waals surface area contributed by atoms with Crippen LogP contribution in [0, 0.1) is 0 Å². The van der Waals surface area contributed by atoms with E-state index >= 15 is 0 Å². The van der Waals surface area contributed by atoms with Crippen molar-refractivity contribution < 1.29 is 26.3 Å². The molecule has 0 N–H and O–H groups in total. The first-order valence-electron chi connectivity index (χ1n) is 7.32. The molecule has 0 spiro atoms. The molecule has 0 radical (unpaired) electrons. The highest BCUT2D eigenvalue weighted by Crippen LogP contribution is 2.30. The van der Waals surface area contributed by atoms with Crippen LogP contribution in [0.15, 0.2) is 41.4 Å². The zero-order valence-electron chi connectivity index (χ0n) is 14.0. The van der Waals surface area contributed by atoms with Gasteiger partial charge >= 0.3 is 6.18 Å². The highest BCUT2D eigenvalue weighted by atomic mass is 32.2. The van der Waals surface area contributed by atoms with Crippen LogP contribution in [0.3, 0.4) is 0 Å². The molecule has 0 fully saturated rings. The minimum Gasteiger partial charge on any atom is -0.497 e. The van der Waals surface area contributed by atoms with Gasteiger partial charge in [0.05, 0.1) is 7.11 Å². The third-order valence-corrected chi connectivity index (χ3v) is 4.41. The van der Waals surface area contributed by atoms with Crippen LogP contribution in [0.25, 0.3) is 17.2 Å². The first-order valence-corrected chi connectivity index (χ1v) is 9.21. The molecule has 0 bridgehead atoms. The van der Waals surface area contributed by atoms with E-state index in [4.69, 9.17) is 4.74 Å². The molecule has 27 heavy (non-hydrogen) atoms. The molecule has 0 aliphatic heterocycles. The van der Waals surface area contributed by atoms with Crippen molar-refractivity contribution in [3.8, 4) is 23.0 Å². The van der Waals surface area contributed by atoms with Gasteiger partial charge in [0.1, 0.15) is 5.75 Å². The molecule has 0 saturated heterocycles. The smallest absolute Gasteiger partial charge is 0.453 e. The molecule has 0 saturated carbocycles. The van der Waals surface area contributed by atoms with Gasteiger partial charge in [-0.3, -0.25) is 0 Å². The maximum absolute atomic E-state index is 13.1. The molecule has 2 heterocycles. The maximum Gasteiger partial charge on any atom is 0.453 e. The first kappa shape index (κ1) is 18.8. The first-order chi connectivity index (χ1) is 12.6. The van der Waals surface area contributed by atoms with Crippen LogP contribution in [0.2, 0.25) is 0 Å². The molecular weight excluding hydrogens is 387 g/mol. The van der Waals surface area contributed by atoms with E-state index in [9.17, 15) is 21.6 Å². The summed E-state index contributed by atoms with van der Waals surface area (Å²) in [6.07, 6.45) is -3.83. The van der Waals surface area contributed by atoms with Crippen molar-refractivity contribution in [2.45, 2.75) is 11.2 Å². The number of halogens is 3. The number of methoxy groups -OCH3 is 1. The number of hydrogen-bond acceptors (Lipinski definition) is 7. The molecule has 8 nitrogen and oxygen atoms in total. The molecule has 12 heteroatoms. The summed E-state index contributed by atoms with van der Waals surface area (Å²) in [5.41, 5.74) is 0.327. The van der Waals surface area contributed by atoms with Crippen LogP contribution in [0.5, 0.6) is 5.75 Å². The summed E-state index contributed by atoms with van der Waals surface area (Å²) < 4.78 is 68.0. The quantitative estimate of drug-likeness (QED) is 0.663. The Labute approximate surface area is 151 Å². The second-order valence-electron chi connectivity index (χ2n) is 5.40. The monoisotopic (exact) mass is 399 g/mol. The Morgan fingerprint density at radius 1 is 1.04 bits per heavy atom. The Balaban J connectivity index is 2.14. The van der Waals surface area contributed by atoms with Crippen LogP contribution in [-0.4, -0.2) is 46.7 Å². The highest BCUT2D eigenvalue weighted by molar-refractivity contribution is 7.90. The molecular formula is C15H12F3N5O3S. The lowest BCUT2D eigenvalue weighted by Crippen LogP contribution is -2.10. The normalized spacial score (nSPS) is 12.2. The number of ether oxygens (including phenoxy) is 1. The minimum absolute atomic E-state index is 0.115. The van der Waals surface area contributed by atoms with E-state index in [0.29, 0.717) is 11.3 Å². The van der Waals surface area contributed by atoms with Crippen LogP contribution < -0.4 is 4.74 Å². The van der Waals surface area contributed by atoms with Crippen molar-refractivity contribution in [2.24, 2.45) is 0 Å². The van der Waals surface area contributed by atoms with E-state index < -0.39 is 21.8 Å². The number of aromatic nitrogens is 5. The summed E-state index contributed by atoms with van der Waals surface area (Å²) in [7, 11) is -2.15. The Morgan fingerprint density at radius 3 is 2.19 bits per heavy atom. The number of alkyl halides is 3. The Morgan fingerprint density at radius 2 is 1.70 bits per heavy atom. The standard InChI is InChI=1S/C15H12F3N5O3S/c1-26-10-5-3-9(4-6-10)13-19-14(15(16,17)18)22-23(13)11-7-8-12(21-20-11)27(2,24)25/h3-8H,1-2H3. The summed E-state index contributed by atoms with van der Waals surface area (Å²) >= 11 is 0. The SMILES string of the molecule is COc1ccc(-c2nc(C(F)(F)F)nn2-c2ccc(S(C)(=O)=O)nn2)cc1. The molecule has 0 unspecified atom stereocenters. The average molecular weight is 399 g/mol. The fraction of sp³-hybridized carbons (Fsp3) is 0.200. The Bertz CT molecular complexity index is 1060. The molecule has 0 aliphatic rings. The van der Waals surface area contributed by atoms with Crippen LogP contribution in [-0.2, 0) is 16.0 Å². The molecule has 0 amide bonds. The summed E-state index contributed by atoms with van der Waals surface area (Å²) in [4.78, 5) is 3.55. The third kappa shape index (κ3) is 3.89. The third-order valence-electron chi connectivity index (χ3n) is 3.43. The van der Waals surface area contributed by atoms with Gasteiger partial charge < -0.3 is 4.74 Å². The molecule has 0 aliphatic carbocycles. The molecule has 142 valence electrons. The van der Waals surface area contributed by atoms with Gasteiger partial charge in [0, 0.05) is 11.8 Å². The Kier molecular flexibility index (Phi) is 4.59. The number of benzene rings is 1. The van der Waals surface area contributed by atoms with E-state index in [1.165, 1.54) is 25.3 Å². The highest BCUT2D eigenvalue weighted by Gasteiger charge is 2.37. The van der Waals surface area contributed by atoms with Crippen molar-refractivity contribution in [3.63, 3.8) is 0 Å². The topological polar surface area (TPSA) is 99.9 Å².